The smallest absolute Gasteiger partial charge is 0.282 e. The van der Waals surface area contributed by atoms with Gasteiger partial charge in [0.2, 0.25) is 0 Å². The zero-order valence-electron chi connectivity index (χ0n) is 14.5. The second-order valence-corrected chi connectivity index (χ2v) is 7.86. The number of hydrogen-bond acceptors (Lipinski definition) is 2. The quantitative estimate of drug-likeness (QED) is 0.438. The highest BCUT2D eigenvalue weighted by atomic mass is 32.2. The summed E-state index contributed by atoms with van der Waals surface area (Å²) in [6.07, 6.45) is 10.8. The van der Waals surface area contributed by atoms with Gasteiger partial charge in [0.05, 0.1) is 0 Å². The van der Waals surface area contributed by atoms with E-state index in [0.29, 0.717) is 5.39 Å². The molecule has 3 nitrogen and oxygen atoms in total. The van der Waals surface area contributed by atoms with Crippen LogP contribution < -0.4 is 0 Å². The zero-order valence-corrected chi connectivity index (χ0v) is 15.3. The molecule has 0 aliphatic rings. The molecule has 0 fully saturated rings. The molecule has 2 rings (SSSR count). The third-order valence-electron chi connectivity index (χ3n) is 4.53. The molecule has 0 heterocycles. The molecule has 2 aromatic rings. The minimum atomic E-state index is -4.20. The van der Waals surface area contributed by atoms with E-state index in [1.807, 2.05) is 24.3 Å². The van der Waals surface area contributed by atoms with Crippen molar-refractivity contribution in [2.45, 2.75) is 69.6 Å². The van der Waals surface area contributed by atoms with E-state index in [1.165, 1.54) is 44.6 Å². The summed E-state index contributed by atoms with van der Waals surface area (Å²) in [6.45, 7) is 2.23. The molecule has 0 amide bonds. The van der Waals surface area contributed by atoms with Gasteiger partial charge in [0, 0.05) is 5.39 Å². The van der Waals surface area contributed by atoms with Crippen molar-refractivity contribution in [3.05, 3.63) is 42.0 Å². The average Bonchev–Trinajstić information content (AvgIpc) is 2.56. The van der Waals surface area contributed by atoms with E-state index < -0.39 is 10.1 Å². The van der Waals surface area contributed by atoms with Gasteiger partial charge in [0.1, 0.15) is 4.90 Å². The van der Waals surface area contributed by atoms with Crippen LogP contribution in [0.25, 0.3) is 10.8 Å². The summed E-state index contributed by atoms with van der Waals surface area (Å²) in [5.41, 5.74) is 1.01. The van der Waals surface area contributed by atoms with Crippen LogP contribution in [-0.2, 0) is 16.5 Å². The normalized spacial score (nSPS) is 11.9. The lowest BCUT2D eigenvalue weighted by atomic mass is 9.99. The summed E-state index contributed by atoms with van der Waals surface area (Å²) in [7, 11) is -4.20. The molecule has 0 radical (unpaired) electrons. The Morgan fingerprint density at radius 2 is 1.42 bits per heavy atom. The van der Waals surface area contributed by atoms with Gasteiger partial charge in [0.25, 0.3) is 10.1 Å². The van der Waals surface area contributed by atoms with Crippen LogP contribution in [0.15, 0.2) is 41.3 Å². The van der Waals surface area contributed by atoms with Gasteiger partial charge >= 0.3 is 0 Å². The van der Waals surface area contributed by atoms with E-state index in [1.54, 1.807) is 6.07 Å². The van der Waals surface area contributed by atoms with Crippen LogP contribution >= 0.6 is 0 Å². The molecule has 0 atom stereocenters. The summed E-state index contributed by atoms with van der Waals surface area (Å²) in [5.74, 6) is 0. The lowest BCUT2D eigenvalue weighted by Gasteiger charge is -2.10. The molecular formula is C20H28O3S. The lowest BCUT2D eigenvalue weighted by molar-refractivity contribution is 0.484. The maximum absolute atomic E-state index is 11.7. The monoisotopic (exact) mass is 348 g/mol. The van der Waals surface area contributed by atoms with Crippen molar-refractivity contribution in [1.82, 2.24) is 0 Å². The lowest BCUT2D eigenvalue weighted by Crippen LogP contribution is -2.01. The van der Waals surface area contributed by atoms with Crippen molar-refractivity contribution < 1.29 is 13.0 Å². The number of aryl methyl sites for hydroxylation is 1. The van der Waals surface area contributed by atoms with E-state index in [-0.39, 0.29) is 4.90 Å². The number of rotatable bonds is 10. The number of unbranched alkanes of at least 4 members (excludes halogenated alkanes) is 7. The summed E-state index contributed by atoms with van der Waals surface area (Å²) in [5, 5.41) is 1.53. The van der Waals surface area contributed by atoms with E-state index in [2.05, 4.69) is 6.92 Å². The molecule has 132 valence electrons. The zero-order chi connectivity index (χ0) is 17.4. The number of hydrogen-bond donors (Lipinski definition) is 1. The van der Waals surface area contributed by atoms with Crippen molar-refractivity contribution >= 4 is 20.9 Å². The molecule has 0 unspecified atom stereocenters. The van der Waals surface area contributed by atoms with Gasteiger partial charge in [0.15, 0.2) is 0 Å². The van der Waals surface area contributed by atoms with Crippen LogP contribution in [0.2, 0.25) is 0 Å². The Bertz CT molecular complexity index is 745. The van der Waals surface area contributed by atoms with Crippen molar-refractivity contribution in [2.75, 3.05) is 0 Å². The molecule has 0 aliphatic heterocycles. The van der Waals surface area contributed by atoms with E-state index in [0.717, 1.165) is 30.2 Å². The van der Waals surface area contributed by atoms with Gasteiger partial charge in [-0.15, -0.1) is 0 Å². The molecule has 0 spiro atoms. The Morgan fingerprint density at radius 3 is 2.04 bits per heavy atom. The van der Waals surface area contributed by atoms with Crippen LogP contribution in [0, 0.1) is 0 Å². The Kier molecular flexibility index (Phi) is 7.25. The van der Waals surface area contributed by atoms with Gasteiger partial charge in [-0.1, -0.05) is 82.2 Å². The maximum Gasteiger partial charge on any atom is 0.295 e. The van der Waals surface area contributed by atoms with E-state index in [4.69, 9.17) is 0 Å². The summed E-state index contributed by atoms with van der Waals surface area (Å²) >= 11 is 0. The second kappa shape index (κ2) is 9.19. The van der Waals surface area contributed by atoms with Gasteiger partial charge in [-0.05, 0) is 29.9 Å². The SMILES string of the molecule is CCCCCCCCCCc1cccc2cccc(S(=O)(=O)O)c12. The van der Waals surface area contributed by atoms with Gasteiger partial charge in [-0.25, -0.2) is 0 Å². The predicted molar refractivity (Wildman–Crippen MR) is 100 cm³/mol. The Balaban J connectivity index is 2.00. The van der Waals surface area contributed by atoms with Crippen LogP contribution in [0.4, 0.5) is 0 Å². The largest absolute Gasteiger partial charge is 0.295 e. The molecule has 4 heteroatoms. The van der Waals surface area contributed by atoms with Crippen LogP contribution in [-0.4, -0.2) is 13.0 Å². The molecule has 0 aromatic heterocycles. The van der Waals surface area contributed by atoms with E-state index in [9.17, 15) is 13.0 Å². The van der Waals surface area contributed by atoms with Gasteiger partial charge in [-0.3, -0.25) is 4.55 Å². The topological polar surface area (TPSA) is 54.4 Å². The third-order valence-corrected chi connectivity index (χ3v) is 5.43. The molecule has 0 aliphatic carbocycles. The average molecular weight is 349 g/mol. The Morgan fingerprint density at radius 1 is 0.833 bits per heavy atom. The summed E-state index contributed by atoms with van der Waals surface area (Å²) in [6, 6.07) is 10.9. The molecule has 0 saturated heterocycles. The second-order valence-electron chi connectivity index (χ2n) is 6.47. The molecule has 24 heavy (non-hydrogen) atoms. The first-order valence-electron chi connectivity index (χ1n) is 9.02. The van der Waals surface area contributed by atoms with Crippen molar-refractivity contribution in [1.29, 1.82) is 0 Å². The standard InChI is InChI=1S/C20H28O3S/c1-2-3-4-5-6-7-8-9-12-17-13-10-14-18-15-11-16-19(20(17)18)24(21,22)23/h10-11,13-16H,2-9,12H2,1H3,(H,21,22,23). The van der Waals surface area contributed by atoms with Gasteiger partial charge < -0.3 is 0 Å². The summed E-state index contributed by atoms with van der Waals surface area (Å²) < 4.78 is 32.8. The van der Waals surface area contributed by atoms with Crippen LogP contribution in [0.5, 0.6) is 0 Å². The molecule has 0 saturated carbocycles. The Labute approximate surface area is 145 Å². The fourth-order valence-corrected chi connectivity index (χ4v) is 4.01. The van der Waals surface area contributed by atoms with Crippen LogP contribution in [0.1, 0.15) is 63.9 Å². The summed E-state index contributed by atoms with van der Waals surface area (Å²) in [4.78, 5) is 0.0233. The fourth-order valence-electron chi connectivity index (χ4n) is 3.25. The first-order chi connectivity index (χ1) is 11.5. The first kappa shape index (κ1) is 18.9. The first-order valence-corrected chi connectivity index (χ1v) is 10.5. The number of benzene rings is 2. The highest BCUT2D eigenvalue weighted by molar-refractivity contribution is 7.86. The highest BCUT2D eigenvalue weighted by Crippen LogP contribution is 2.27. The van der Waals surface area contributed by atoms with Crippen molar-refractivity contribution in [3.8, 4) is 0 Å². The minimum absolute atomic E-state index is 0.0233. The number of fused-ring (bicyclic) bond motifs is 1. The van der Waals surface area contributed by atoms with Gasteiger partial charge in [-0.2, -0.15) is 8.42 Å². The highest BCUT2D eigenvalue weighted by Gasteiger charge is 2.15. The molecule has 0 bridgehead atoms. The van der Waals surface area contributed by atoms with Crippen molar-refractivity contribution in [3.63, 3.8) is 0 Å². The van der Waals surface area contributed by atoms with Crippen LogP contribution in [0.3, 0.4) is 0 Å². The minimum Gasteiger partial charge on any atom is -0.282 e. The molecular weight excluding hydrogens is 320 g/mol. The molecule has 1 N–H and O–H groups in total. The predicted octanol–water partition coefficient (Wildman–Crippen LogP) is 5.77. The van der Waals surface area contributed by atoms with E-state index >= 15 is 0 Å². The fraction of sp³-hybridized carbons (Fsp3) is 0.500. The maximum atomic E-state index is 11.7. The molecule has 2 aromatic carbocycles. The Hall–Kier alpha value is -1.39. The van der Waals surface area contributed by atoms with Crippen molar-refractivity contribution in [2.24, 2.45) is 0 Å². The third kappa shape index (κ3) is 5.32.